The maximum absolute atomic E-state index is 11.9. The summed E-state index contributed by atoms with van der Waals surface area (Å²) in [5, 5.41) is 2.67. The highest BCUT2D eigenvalue weighted by atomic mass is 32.2. The van der Waals surface area contributed by atoms with Crippen molar-refractivity contribution in [3.63, 3.8) is 0 Å². The number of carbonyl (C=O) groups is 1. The van der Waals surface area contributed by atoms with Crippen LogP contribution in [0, 0.1) is 0 Å². The zero-order chi connectivity index (χ0) is 22.3. The zero-order valence-corrected chi connectivity index (χ0v) is 20.8. The molecule has 31 heavy (non-hydrogen) atoms. The quantitative estimate of drug-likeness (QED) is 0.402. The van der Waals surface area contributed by atoms with Crippen molar-refractivity contribution in [1.29, 1.82) is 0 Å². The summed E-state index contributed by atoms with van der Waals surface area (Å²) in [4.78, 5) is 22.8. The Hall–Kier alpha value is -1.44. The molecular weight excluding hydrogens is 424 g/mol. The molecule has 0 aromatic heterocycles. The van der Waals surface area contributed by atoms with Crippen LogP contribution >= 0.6 is 11.8 Å². The fraction of sp³-hybridized carbons (Fsp3) is 0.480. The lowest BCUT2D eigenvalue weighted by molar-refractivity contribution is -0.297. The first-order chi connectivity index (χ1) is 14.9. The van der Waals surface area contributed by atoms with Crippen LogP contribution in [0.5, 0.6) is 0 Å². The van der Waals surface area contributed by atoms with Crippen LogP contribution in [0.1, 0.15) is 47.0 Å². The van der Waals surface area contributed by atoms with Gasteiger partial charge in [-0.05, 0) is 27.6 Å². The fourth-order valence-electron chi connectivity index (χ4n) is 4.32. The van der Waals surface area contributed by atoms with Crippen molar-refractivity contribution in [1.82, 2.24) is 0 Å². The van der Waals surface area contributed by atoms with Crippen LogP contribution < -0.4 is 10.4 Å². The van der Waals surface area contributed by atoms with E-state index in [-0.39, 0.29) is 22.4 Å². The fourth-order valence-corrected chi connectivity index (χ4v) is 9.53. The summed E-state index contributed by atoms with van der Waals surface area (Å²) in [7, 11) is -2.53. The molecule has 1 saturated heterocycles. The van der Waals surface area contributed by atoms with E-state index in [4.69, 9.17) is 14.2 Å². The third-order valence-corrected chi connectivity index (χ3v) is 11.5. The van der Waals surface area contributed by atoms with E-state index in [1.807, 2.05) is 6.92 Å². The van der Waals surface area contributed by atoms with Gasteiger partial charge in [0.15, 0.2) is 5.12 Å². The third-order valence-electron chi connectivity index (χ3n) is 5.73. The van der Waals surface area contributed by atoms with Gasteiger partial charge >= 0.3 is 0 Å². The maximum Gasteiger partial charge on any atom is 0.261 e. The first-order valence-electron chi connectivity index (χ1n) is 11.1. The molecule has 2 atom stereocenters. The monoisotopic (exact) mass is 458 g/mol. The summed E-state index contributed by atoms with van der Waals surface area (Å²) in [6.45, 7) is 9.41. The van der Waals surface area contributed by atoms with E-state index in [1.54, 1.807) is 0 Å². The second-order valence-electron chi connectivity index (χ2n) is 8.98. The third kappa shape index (κ3) is 5.87. The molecule has 0 spiro atoms. The van der Waals surface area contributed by atoms with Crippen molar-refractivity contribution >= 4 is 35.6 Å². The largest absolute Gasteiger partial charge is 0.407 e. The van der Waals surface area contributed by atoms with Crippen LogP contribution in [-0.4, -0.2) is 38.0 Å². The lowest BCUT2D eigenvalue weighted by Crippen LogP contribution is -2.66. The van der Waals surface area contributed by atoms with Crippen molar-refractivity contribution in [2.45, 2.75) is 64.2 Å². The van der Waals surface area contributed by atoms with Gasteiger partial charge in [0.05, 0.1) is 6.10 Å². The van der Waals surface area contributed by atoms with Crippen LogP contribution in [0.3, 0.4) is 0 Å². The van der Waals surface area contributed by atoms with Gasteiger partial charge in [-0.3, -0.25) is 4.79 Å². The number of hydrogen-bond donors (Lipinski definition) is 0. The summed E-state index contributed by atoms with van der Waals surface area (Å²) in [5.74, 6) is 0.794. The van der Waals surface area contributed by atoms with Crippen LogP contribution in [0.25, 0.3) is 0 Å². The van der Waals surface area contributed by atoms with Gasteiger partial charge < -0.3 is 4.43 Å². The van der Waals surface area contributed by atoms with Gasteiger partial charge in [0.1, 0.15) is 6.10 Å². The highest BCUT2D eigenvalue weighted by molar-refractivity contribution is 8.13. The Morgan fingerprint density at radius 1 is 1.00 bits per heavy atom. The molecular formula is C25H34O4SSi. The average Bonchev–Trinajstić information content (AvgIpc) is 3.19. The number of rotatable bonds is 9. The molecule has 6 heteroatoms. The minimum atomic E-state index is -2.53. The lowest BCUT2D eigenvalue weighted by Gasteiger charge is -2.43. The molecule has 2 aromatic carbocycles. The number of hydrogen-bond acceptors (Lipinski definition) is 5. The average molecular weight is 459 g/mol. The summed E-state index contributed by atoms with van der Waals surface area (Å²) in [6, 6.07) is 21.3. The lowest BCUT2D eigenvalue weighted by atomic mass is 10.1. The first-order valence-corrected chi connectivity index (χ1v) is 14.0. The summed E-state index contributed by atoms with van der Waals surface area (Å²) < 4.78 is 6.92. The molecule has 1 aliphatic rings. The second kappa shape index (κ2) is 10.9. The van der Waals surface area contributed by atoms with E-state index in [9.17, 15) is 4.79 Å². The van der Waals surface area contributed by atoms with Crippen LogP contribution in [-0.2, 0) is 19.0 Å². The van der Waals surface area contributed by atoms with Crippen molar-refractivity contribution in [2.75, 3.05) is 12.4 Å². The first kappa shape index (κ1) is 24.2. The van der Waals surface area contributed by atoms with Gasteiger partial charge in [0.2, 0.25) is 0 Å². The second-order valence-corrected chi connectivity index (χ2v) is 14.6. The van der Waals surface area contributed by atoms with Gasteiger partial charge in [0, 0.05) is 19.4 Å². The summed E-state index contributed by atoms with van der Waals surface area (Å²) in [5.41, 5.74) is 0. The zero-order valence-electron chi connectivity index (χ0n) is 19.0. The SMILES string of the molecule is CCSC(=O)CC1CC(CCO[Si](c2ccccc2)(c2ccccc2)C(C)(C)C)OO1. The van der Waals surface area contributed by atoms with Crippen molar-refractivity contribution in [3.8, 4) is 0 Å². The van der Waals surface area contributed by atoms with Crippen molar-refractivity contribution < 1.29 is 19.0 Å². The Bertz CT molecular complexity index is 783. The summed E-state index contributed by atoms with van der Waals surface area (Å²) in [6.07, 6.45) is 1.70. The Morgan fingerprint density at radius 2 is 1.55 bits per heavy atom. The molecule has 0 bridgehead atoms. The molecule has 2 aromatic rings. The normalized spacial score (nSPS) is 19.5. The molecule has 4 nitrogen and oxygen atoms in total. The molecule has 0 radical (unpaired) electrons. The van der Waals surface area contributed by atoms with Crippen LogP contribution in [0.2, 0.25) is 5.04 Å². The molecule has 168 valence electrons. The Balaban J connectivity index is 1.73. The highest BCUT2D eigenvalue weighted by Crippen LogP contribution is 2.37. The van der Waals surface area contributed by atoms with Gasteiger partial charge in [-0.25, -0.2) is 9.78 Å². The number of benzene rings is 2. The topological polar surface area (TPSA) is 44.8 Å². The van der Waals surface area contributed by atoms with E-state index in [1.165, 1.54) is 22.1 Å². The molecule has 0 aliphatic carbocycles. The maximum atomic E-state index is 11.9. The highest BCUT2D eigenvalue weighted by Gasteiger charge is 2.50. The molecule has 0 amide bonds. The minimum absolute atomic E-state index is 0.0392. The van der Waals surface area contributed by atoms with E-state index in [0.29, 0.717) is 13.0 Å². The summed E-state index contributed by atoms with van der Waals surface area (Å²) >= 11 is 1.34. The van der Waals surface area contributed by atoms with E-state index < -0.39 is 8.32 Å². The Kier molecular flexibility index (Phi) is 8.53. The van der Waals surface area contributed by atoms with Gasteiger partial charge in [0.25, 0.3) is 8.32 Å². The van der Waals surface area contributed by atoms with E-state index in [0.717, 1.165) is 18.6 Å². The molecule has 3 rings (SSSR count). The molecule has 2 unspecified atom stereocenters. The molecule has 1 aliphatic heterocycles. The van der Waals surface area contributed by atoms with Gasteiger partial charge in [-0.15, -0.1) is 0 Å². The standard InChI is InChI=1S/C25H34O4SSi/c1-5-30-24(26)19-21-18-20(28-29-21)16-17-27-31(25(2,3)4,22-12-8-6-9-13-22)23-14-10-7-11-15-23/h6-15,20-21H,5,16-19H2,1-4H3. The van der Waals surface area contributed by atoms with Gasteiger partial charge in [-0.1, -0.05) is 100 Å². The van der Waals surface area contributed by atoms with Crippen LogP contribution in [0.15, 0.2) is 60.7 Å². The molecule has 1 heterocycles. The number of carbonyl (C=O) groups excluding carboxylic acids is 1. The Morgan fingerprint density at radius 3 is 2.06 bits per heavy atom. The predicted octanol–water partition coefficient (Wildman–Crippen LogP) is 4.71. The minimum Gasteiger partial charge on any atom is -0.407 e. The van der Waals surface area contributed by atoms with E-state index in [2.05, 4.69) is 81.4 Å². The number of thioether (sulfide) groups is 1. The predicted molar refractivity (Wildman–Crippen MR) is 130 cm³/mol. The smallest absolute Gasteiger partial charge is 0.261 e. The van der Waals surface area contributed by atoms with Gasteiger partial charge in [-0.2, -0.15) is 0 Å². The molecule has 0 saturated carbocycles. The molecule has 0 N–H and O–H groups in total. The van der Waals surface area contributed by atoms with Crippen molar-refractivity contribution in [2.24, 2.45) is 0 Å². The Labute approximate surface area is 191 Å². The molecule has 1 fully saturated rings. The van der Waals surface area contributed by atoms with E-state index >= 15 is 0 Å². The van der Waals surface area contributed by atoms with Crippen molar-refractivity contribution in [3.05, 3.63) is 60.7 Å². The van der Waals surface area contributed by atoms with Crippen LogP contribution in [0.4, 0.5) is 0 Å².